The van der Waals surface area contributed by atoms with Crippen molar-refractivity contribution in [2.24, 2.45) is 0 Å². The van der Waals surface area contributed by atoms with E-state index in [4.69, 9.17) is 9.47 Å². The lowest BCUT2D eigenvalue weighted by atomic mass is 9.99. The van der Waals surface area contributed by atoms with Crippen LogP contribution < -0.4 is 5.32 Å². The number of aliphatic hydroxyl groups excluding tert-OH is 5. The second kappa shape index (κ2) is 17.4. The number of aliphatic hydroxyl groups is 5. The van der Waals surface area contributed by atoms with Gasteiger partial charge < -0.3 is 40.3 Å². The molecule has 7 unspecified atom stereocenters. The Kier molecular flexibility index (Phi) is 15.8. The number of rotatable bonds is 17. The molecule has 6 N–H and O–H groups in total. The molecule has 194 valence electrons. The zero-order valence-corrected chi connectivity index (χ0v) is 20.1. The van der Waals surface area contributed by atoms with Crippen molar-refractivity contribution in [1.29, 1.82) is 0 Å². The molecule has 1 amide bonds. The van der Waals surface area contributed by atoms with Crippen LogP contribution in [0.1, 0.15) is 78.1 Å². The molecular formula is C24H45NO8. The van der Waals surface area contributed by atoms with E-state index in [-0.39, 0.29) is 18.9 Å². The molecule has 1 saturated heterocycles. The average Bonchev–Trinajstić information content (AvgIpc) is 2.82. The Morgan fingerprint density at radius 1 is 1.00 bits per heavy atom. The highest BCUT2D eigenvalue weighted by Crippen LogP contribution is 2.22. The topological polar surface area (TPSA) is 149 Å². The van der Waals surface area contributed by atoms with Crippen LogP contribution in [0.4, 0.5) is 0 Å². The first-order chi connectivity index (χ1) is 15.8. The molecule has 0 aromatic rings. The van der Waals surface area contributed by atoms with Gasteiger partial charge in [0.15, 0.2) is 6.29 Å². The lowest BCUT2D eigenvalue weighted by Gasteiger charge is -2.40. The summed E-state index contributed by atoms with van der Waals surface area (Å²) >= 11 is 0. The van der Waals surface area contributed by atoms with Crippen LogP contribution in [-0.4, -0.2) is 87.5 Å². The number of carbonyl (C=O) groups is 1. The summed E-state index contributed by atoms with van der Waals surface area (Å²) in [6.45, 7) is 3.14. The molecule has 7 atom stereocenters. The van der Waals surface area contributed by atoms with E-state index in [1.165, 1.54) is 38.5 Å². The van der Waals surface area contributed by atoms with Crippen LogP contribution in [0.2, 0.25) is 0 Å². The zero-order chi connectivity index (χ0) is 24.6. The number of carbonyl (C=O) groups excluding carboxylic acids is 1. The van der Waals surface area contributed by atoms with E-state index < -0.39 is 49.5 Å². The predicted molar refractivity (Wildman–Crippen MR) is 124 cm³/mol. The highest BCUT2D eigenvalue weighted by molar-refractivity contribution is 5.75. The molecule has 0 radical (unpaired) electrons. The Morgan fingerprint density at radius 2 is 1.64 bits per heavy atom. The van der Waals surface area contributed by atoms with Gasteiger partial charge in [-0.1, -0.05) is 70.9 Å². The lowest BCUT2D eigenvalue weighted by molar-refractivity contribution is -0.302. The van der Waals surface area contributed by atoms with Gasteiger partial charge in [-0.25, -0.2) is 0 Å². The maximum absolute atomic E-state index is 11.9. The quantitative estimate of drug-likeness (QED) is 0.136. The molecule has 9 heteroatoms. The Labute approximate surface area is 197 Å². The van der Waals surface area contributed by atoms with Crippen molar-refractivity contribution in [1.82, 2.24) is 5.32 Å². The normalized spacial score (nSPS) is 27.5. The molecule has 33 heavy (non-hydrogen) atoms. The highest BCUT2D eigenvalue weighted by atomic mass is 16.7. The predicted octanol–water partition coefficient (Wildman–Crippen LogP) is 1.15. The molecule has 9 nitrogen and oxygen atoms in total. The minimum atomic E-state index is -1.55. The largest absolute Gasteiger partial charge is 0.394 e. The van der Waals surface area contributed by atoms with Crippen molar-refractivity contribution in [2.45, 2.75) is 121 Å². The van der Waals surface area contributed by atoms with Crippen LogP contribution >= 0.6 is 0 Å². The van der Waals surface area contributed by atoms with Gasteiger partial charge in [-0.2, -0.15) is 0 Å². The fourth-order valence-corrected chi connectivity index (χ4v) is 3.70. The minimum absolute atomic E-state index is 0.197. The van der Waals surface area contributed by atoms with Crippen molar-refractivity contribution >= 4 is 5.91 Å². The van der Waals surface area contributed by atoms with E-state index in [0.29, 0.717) is 0 Å². The first-order valence-corrected chi connectivity index (χ1v) is 12.4. The van der Waals surface area contributed by atoms with Gasteiger partial charge in [0.25, 0.3) is 0 Å². The third kappa shape index (κ3) is 11.3. The highest BCUT2D eigenvalue weighted by Gasteiger charge is 2.44. The first kappa shape index (κ1) is 30.0. The Morgan fingerprint density at radius 3 is 2.24 bits per heavy atom. The Bertz CT molecular complexity index is 545. The molecule has 0 aromatic carbocycles. The van der Waals surface area contributed by atoms with Crippen LogP contribution in [0.3, 0.4) is 0 Å². The number of allylic oxidation sites excluding steroid dienone is 1. The summed E-state index contributed by atoms with van der Waals surface area (Å²) in [7, 11) is 0. The van der Waals surface area contributed by atoms with E-state index in [9.17, 15) is 30.3 Å². The summed E-state index contributed by atoms with van der Waals surface area (Å²) in [5, 5.41) is 52.4. The van der Waals surface area contributed by atoms with Crippen LogP contribution in [-0.2, 0) is 14.3 Å². The molecule has 1 rings (SSSR count). The molecule has 0 aliphatic carbocycles. The van der Waals surface area contributed by atoms with Crippen molar-refractivity contribution < 1.29 is 39.8 Å². The third-order valence-corrected chi connectivity index (χ3v) is 5.93. The van der Waals surface area contributed by atoms with Crippen molar-refractivity contribution in [3.63, 3.8) is 0 Å². The van der Waals surface area contributed by atoms with E-state index in [1.54, 1.807) is 13.0 Å². The molecule has 1 heterocycles. The van der Waals surface area contributed by atoms with Crippen molar-refractivity contribution in [2.75, 3.05) is 13.2 Å². The molecular weight excluding hydrogens is 430 g/mol. The van der Waals surface area contributed by atoms with Gasteiger partial charge in [-0.05, 0) is 12.8 Å². The van der Waals surface area contributed by atoms with Crippen LogP contribution in [0.25, 0.3) is 0 Å². The summed E-state index contributed by atoms with van der Waals surface area (Å²) < 4.78 is 10.8. The van der Waals surface area contributed by atoms with Gasteiger partial charge in [0.2, 0.25) is 5.91 Å². The van der Waals surface area contributed by atoms with E-state index in [1.807, 2.05) is 6.08 Å². The molecule has 1 aliphatic heterocycles. The standard InChI is InChI=1S/C24H45NO8/c1-3-5-6-7-8-9-10-11-12-13-14-18(27)17(25-20(28)4-2)16-32-24-23(31)22(30)21(29)19(15-26)33-24/h13-14,17-19,21-24,26-27,29-31H,3-12,15-16H2,1-2H3,(H,25,28)/b14-13+. The third-order valence-electron chi connectivity index (χ3n) is 5.93. The maximum Gasteiger partial charge on any atom is 0.220 e. The minimum Gasteiger partial charge on any atom is -0.394 e. The Balaban J connectivity index is 2.49. The molecule has 0 saturated carbocycles. The summed E-state index contributed by atoms with van der Waals surface area (Å²) in [4.78, 5) is 11.9. The van der Waals surface area contributed by atoms with Gasteiger partial charge in [0.05, 0.1) is 25.4 Å². The average molecular weight is 476 g/mol. The zero-order valence-electron chi connectivity index (χ0n) is 20.1. The first-order valence-electron chi connectivity index (χ1n) is 12.4. The fraction of sp³-hybridized carbons (Fsp3) is 0.875. The number of nitrogens with one attached hydrogen (secondary N) is 1. The van der Waals surface area contributed by atoms with Gasteiger partial charge in [-0.3, -0.25) is 4.79 Å². The molecule has 0 bridgehead atoms. The lowest BCUT2D eigenvalue weighted by Crippen LogP contribution is -2.60. The van der Waals surface area contributed by atoms with Gasteiger partial charge >= 0.3 is 0 Å². The molecule has 1 aliphatic rings. The van der Waals surface area contributed by atoms with E-state index in [0.717, 1.165) is 19.3 Å². The van der Waals surface area contributed by atoms with E-state index in [2.05, 4.69) is 12.2 Å². The summed E-state index contributed by atoms with van der Waals surface area (Å²) in [5.74, 6) is -0.270. The molecule has 0 aromatic heterocycles. The number of unbranched alkanes of at least 4 members (excludes halogenated alkanes) is 8. The van der Waals surface area contributed by atoms with Crippen LogP contribution in [0.15, 0.2) is 12.2 Å². The van der Waals surface area contributed by atoms with Crippen molar-refractivity contribution in [3.05, 3.63) is 12.2 Å². The maximum atomic E-state index is 11.9. The van der Waals surface area contributed by atoms with Gasteiger partial charge in [0.1, 0.15) is 24.4 Å². The second-order valence-electron chi connectivity index (χ2n) is 8.74. The second-order valence-corrected chi connectivity index (χ2v) is 8.74. The number of amides is 1. The number of hydrogen-bond acceptors (Lipinski definition) is 8. The molecule has 1 fully saturated rings. The van der Waals surface area contributed by atoms with Gasteiger partial charge in [0, 0.05) is 6.42 Å². The van der Waals surface area contributed by atoms with Gasteiger partial charge in [-0.15, -0.1) is 0 Å². The summed E-state index contributed by atoms with van der Waals surface area (Å²) in [6.07, 6.45) is 6.35. The summed E-state index contributed by atoms with van der Waals surface area (Å²) in [5.41, 5.74) is 0. The van der Waals surface area contributed by atoms with Crippen molar-refractivity contribution in [3.8, 4) is 0 Å². The summed E-state index contributed by atoms with van der Waals surface area (Å²) in [6, 6.07) is -0.792. The fourth-order valence-electron chi connectivity index (χ4n) is 3.70. The number of ether oxygens (including phenoxy) is 2. The Hall–Kier alpha value is -1.07. The molecule has 0 spiro atoms. The van der Waals surface area contributed by atoms with Crippen LogP contribution in [0, 0.1) is 0 Å². The monoisotopic (exact) mass is 475 g/mol. The van der Waals surface area contributed by atoms with Crippen LogP contribution in [0.5, 0.6) is 0 Å². The SMILES string of the molecule is CCCCCCCCCC/C=C/C(O)C(COC1OC(CO)C(O)C(O)C1O)NC(=O)CC. The smallest absolute Gasteiger partial charge is 0.220 e. The van der Waals surface area contributed by atoms with E-state index >= 15 is 0 Å². The number of hydrogen-bond donors (Lipinski definition) is 6.